The second-order valence-electron chi connectivity index (χ2n) is 4.54. The Labute approximate surface area is 122 Å². The van der Waals surface area contributed by atoms with Crippen LogP contribution >= 0.6 is 0 Å². The van der Waals surface area contributed by atoms with Gasteiger partial charge in [0.15, 0.2) is 5.65 Å². The predicted octanol–water partition coefficient (Wildman–Crippen LogP) is 2.90. The number of ether oxygens (including phenoxy) is 2. The molecule has 3 aromatic rings. The summed E-state index contributed by atoms with van der Waals surface area (Å²) in [5.41, 5.74) is 8.39. The predicted molar refractivity (Wildman–Crippen MR) is 82.5 cm³/mol. The molecule has 0 aliphatic carbocycles. The highest BCUT2D eigenvalue weighted by Crippen LogP contribution is 2.36. The van der Waals surface area contributed by atoms with Gasteiger partial charge in [0.1, 0.15) is 17.3 Å². The molecule has 5 nitrogen and oxygen atoms in total. The number of methoxy groups -OCH3 is 2. The summed E-state index contributed by atoms with van der Waals surface area (Å²) in [5, 5.41) is 0.930. The quantitative estimate of drug-likeness (QED) is 0.799. The fourth-order valence-corrected chi connectivity index (χ4v) is 2.26. The van der Waals surface area contributed by atoms with Crippen molar-refractivity contribution in [3.05, 3.63) is 42.6 Å². The maximum atomic E-state index is 6.07. The summed E-state index contributed by atoms with van der Waals surface area (Å²) in [5.74, 6) is 1.83. The number of fused-ring (bicyclic) bond motifs is 1. The van der Waals surface area contributed by atoms with Gasteiger partial charge >= 0.3 is 0 Å². The smallest absolute Gasteiger partial charge is 0.161 e. The maximum absolute atomic E-state index is 6.07. The molecule has 106 valence electrons. The number of nitrogen functional groups attached to an aromatic ring is 1. The second-order valence-corrected chi connectivity index (χ2v) is 4.54. The molecule has 21 heavy (non-hydrogen) atoms. The molecule has 2 heterocycles. The molecule has 3 rings (SSSR count). The van der Waals surface area contributed by atoms with Gasteiger partial charge in [0.2, 0.25) is 0 Å². The Balaban J connectivity index is 2.22. The first-order valence-electron chi connectivity index (χ1n) is 6.46. The van der Waals surface area contributed by atoms with Crippen LogP contribution in [0.2, 0.25) is 0 Å². The van der Waals surface area contributed by atoms with E-state index in [1.807, 2.05) is 36.4 Å². The molecule has 0 atom stereocenters. The van der Waals surface area contributed by atoms with Gasteiger partial charge in [0.05, 0.1) is 14.2 Å². The lowest BCUT2D eigenvalue weighted by molar-refractivity contribution is 0.395. The third kappa shape index (κ3) is 2.33. The largest absolute Gasteiger partial charge is 0.497 e. The average molecular weight is 281 g/mol. The van der Waals surface area contributed by atoms with Crippen LogP contribution in [0.5, 0.6) is 11.5 Å². The SMILES string of the molecule is COc1ccc(-c2cc3cccnc3nc2N)c(OC)c1. The van der Waals surface area contributed by atoms with Crippen LogP contribution in [-0.4, -0.2) is 24.2 Å². The molecule has 0 spiro atoms. The molecule has 0 saturated carbocycles. The van der Waals surface area contributed by atoms with Crippen molar-refractivity contribution < 1.29 is 9.47 Å². The van der Waals surface area contributed by atoms with Crippen molar-refractivity contribution in [1.29, 1.82) is 0 Å². The fraction of sp³-hybridized carbons (Fsp3) is 0.125. The van der Waals surface area contributed by atoms with Crippen molar-refractivity contribution in [1.82, 2.24) is 9.97 Å². The topological polar surface area (TPSA) is 70.3 Å². The van der Waals surface area contributed by atoms with Crippen molar-refractivity contribution in [3.63, 3.8) is 0 Å². The van der Waals surface area contributed by atoms with Crippen LogP contribution in [0.25, 0.3) is 22.2 Å². The number of nitrogens with two attached hydrogens (primary N) is 1. The molecule has 0 amide bonds. The number of hydrogen-bond acceptors (Lipinski definition) is 5. The van der Waals surface area contributed by atoms with Gasteiger partial charge in [-0.2, -0.15) is 0 Å². The van der Waals surface area contributed by atoms with Crippen LogP contribution in [-0.2, 0) is 0 Å². The van der Waals surface area contributed by atoms with Crippen LogP contribution in [0, 0.1) is 0 Å². The Hall–Kier alpha value is -2.82. The molecular formula is C16H15N3O2. The van der Waals surface area contributed by atoms with E-state index in [-0.39, 0.29) is 0 Å². The number of benzene rings is 1. The first kappa shape index (κ1) is 13.2. The van der Waals surface area contributed by atoms with Gasteiger partial charge in [0, 0.05) is 28.8 Å². The van der Waals surface area contributed by atoms with E-state index in [0.29, 0.717) is 17.2 Å². The highest BCUT2D eigenvalue weighted by Gasteiger charge is 2.12. The number of anilines is 1. The van der Waals surface area contributed by atoms with Gasteiger partial charge in [-0.25, -0.2) is 9.97 Å². The zero-order chi connectivity index (χ0) is 14.8. The highest BCUT2D eigenvalue weighted by atomic mass is 16.5. The molecule has 5 heteroatoms. The van der Waals surface area contributed by atoms with E-state index in [0.717, 1.165) is 22.3 Å². The second kappa shape index (κ2) is 5.28. The molecule has 0 unspecified atom stereocenters. The summed E-state index contributed by atoms with van der Waals surface area (Å²) in [6, 6.07) is 11.4. The zero-order valence-electron chi connectivity index (χ0n) is 11.8. The van der Waals surface area contributed by atoms with Crippen LogP contribution in [0.15, 0.2) is 42.6 Å². The van der Waals surface area contributed by atoms with Crippen molar-refractivity contribution in [2.24, 2.45) is 0 Å². The Morgan fingerprint density at radius 2 is 1.86 bits per heavy atom. The summed E-state index contributed by atoms with van der Waals surface area (Å²) < 4.78 is 10.6. The molecule has 0 radical (unpaired) electrons. The summed E-state index contributed by atoms with van der Waals surface area (Å²) in [7, 11) is 3.23. The number of pyridine rings is 2. The Morgan fingerprint density at radius 1 is 1.00 bits per heavy atom. The lowest BCUT2D eigenvalue weighted by atomic mass is 10.0. The third-order valence-corrected chi connectivity index (χ3v) is 3.32. The van der Waals surface area contributed by atoms with E-state index in [1.54, 1.807) is 20.4 Å². The van der Waals surface area contributed by atoms with Gasteiger partial charge in [0.25, 0.3) is 0 Å². The Kier molecular flexibility index (Phi) is 3.31. The highest BCUT2D eigenvalue weighted by molar-refractivity contribution is 5.88. The van der Waals surface area contributed by atoms with E-state index in [4.69, 9.17) is 15.2 Å². The molecule has 0 bridgehead atoms. The maximum Gasteiger partial charge on any atom is 0.161 e. The zero-order valence-corrected chi connectivity index (χ0v) is 11.8. The van der Waals surface area contributed by atoms with Crippen molar-refractivity contribution in [2.75, 3.05) is 20.0 Å². The first-order valence-corrected chi connectivity index (χ1v) is 6.46. The molecular weight excluding hydrogens is 266 g/mol. The molecule has 2 N–H and O–H groups in total. The van der Waals surface area contributed by atoms with Crippen molar-refractivity contribution >= 4 is 16.9 Å². The number of aromatic nitrogens is 2. The van der Waals surface area contributed by atoms with Gasteiger partial charge in [-0.3, -0.25) is 0 Å². The van der Waals surface area contributed by atoms with Crippen molar-refractivity contribution in [3.8, 4) is 22.6 Å². The van der Waals surface area contributed by atoms with Gasteiger partial charge in [-0.1, -0.05) is 0 Å². The summed E-state index contributed by atoms with van der Waals surface area (Å²) in [4.78, 5) is 8.55. The molecule has 2 aromatic heterocycles. The van der Waals surface area contributed by atoms with Crippen LogP contribution in [0.4, 0.5) is 5.82 Å². The van der Waals surface area contributed by atoms with E-state index in [2.05, 4.69) is 9.97 Å². The molecule has 0 saturated heterocycles. The van der Waals surface area contributed by atoms with Crippen molar-refractivity contribution in [2.45, 2.75) is 0 Å². The molecule has 0 aliphatic rings. The van der Waals surface area contributed by atoms with E-state index in [1.165, 1.54) is 0 Å². The average Bonchev–Trinajstić information content (AvgIpc) is 2.53. The van der Waals surface area contributed by atoms with E-state index >= 15 is 0 Å². The van der Waals surface area contributed by atoms with Crippen LogP contribution in [0.1, 0.15) is 0 Å². The lowest BCUT2D eigenvalue weighted by Gasteiger charge is -2.12. The standard InChI is InChI=1S/C16H15N3O2/c1-20-11-5-6-12(14(9-11)21-2)13-8-10-4-3-7-18-16(10)19-15(13)17/h3-9H,1-2H3,(H2,17,18,19). The van der Waals surface area contributed by atoms with Crippen LogP contribution < -0.4 is 15.2 Å². The molecule has 0 fully saturated rings. The summed E-state index contributed by atoms with van der Waals surface area (Å²) in [6.07, 6.45) is 1.70. The molecule has 0 aliphatic heterocycles. The monoisotopic (exact) mass is 281 g/mol. The minimum atomic E-state index is 0.421. The van der Waals surface area contributed by atoms with Crippen LogP contribution in [0.3, 0.4) is 0 Å². The molecule has 1 aromatic carbocycles. The normalized spacial score (nSPS) is 10.6. The number of hydrogen-bond donors (Lipinski definition) is 1. The van der Waals surface area contributed by atoms with Gasteiger partial charge in [-0.15, -0.1) is 0 Å². The minimum Gasteiger partial charge on any atom is -0.497 e. The van der Waals surface area contributed by atoms with E-state index < -0.39 is 0 Å². The number of nitrogens with zero attached hydrogens (tertiary/aromatic N) is 2. The lowest BCUT2D eigenvalue weighted by Crippen LogP contribution is -1.98. The Bertz CT molecular complexity index is 803. The minimum absolute atomic E-state index is 0.421. The third-order valence-electron chi connectivity index (χ3n) is 3.32. The van der Waals surface area contributed by atoms with E-state index in [9.17, 15) is 0 Å². The Morgan fingerprint density at radius 3 is 2.62 bits per heavy atom. The van der Waals surface area contributed by atoms with Gasteiger partial charge in [-0.05, 0) is 30.3 Å². The van der Waals surface area contributed by atoms with Gasteiger partial charge < -0.3 is 15.2 Å². The number of rotatable bonds is 3. The summed E-state index contributed by atoms with van der Waals surface area (Å²) >= 11 is 0. The fourth-order valence-electron chi connectivity index (χ4n) is 2.26. The summed E-state index contributed by atoms with van der Waals surface area (Å²) in [6.45, 7) is 0. The first-order chi connectivity index (χ1) is 10.2.